The summed E-state index contributed by atoms with van der Waals surface area (Å²) in [6.45, 7) is 4.36. The average molecular weight is 313 g/mol. The molecule has 7 heteroatoms. The number of anilines is 2. The minimum atomic E-state index is -3.30. The molecule has 0 radical (unpaired) electrons. The van der Waals surface area contributed by atoms with Gasteiger partial charge >= 0.3 is 0 Å². The number of hydrogen-bond acceptors (Lipinski definition) is 5. The minimum absolute atomic E-state index is 0.0698. The maximum absolute atomic E-state index is 11.9. The number of nitrogens with one attached hydrogen (secondary N) is 2. The number of ether oxygens (including phenoxy) is 1. The number of rotatable bonds is 7. The molecule has 21 heavy (non-hydrogen) atoms. The maximum atomic E-state index is 11.9. The molecule has 2 rings (SSSR count). The third-order valence-corrected chi connectivity index (χ3v) is 4.76. The number of methoxy groups -OCH3 is 1. The highest BCUT2D eigenvalue weighted by Crippen LogP contribution is 2.19. The van der Waals surface area contributed by atoms with Crippen LogP contribution in [0.1, 0.15) is 6.42 Å². The fourth-order valence-electron chi connectivity index (χ4n) is 2.29. The first-order chi connectivity index (χ1) is 10.1. The summed E-state index contributed by atoms with van der Waals surface area (Å²) in [5, 5.41) is 3.31. The van der Waals surface area contributed by atoms with Gasteiger partial charge in [0.25, 0.3) is 0 Å². The van der Waals surface area contributed by atoms with Crippen LogP contribution in [0.3, 0.4) is 0 Å². The second-order valence-electron chi connectivity index (χ2n) is 5.05. The highest BCUT2D eigenvalue weighted by atomic mass is 32.2. The molecule has 1 aromatic rings. The molecule has 0 aromatic heterocycles. The van der Waals surface area contributed by atoms with Crippen LogP contribution in [0, 0.1) is 0 Å². The molecule has 1 aliphatic heterocycles. The van der Waals surface area contributed by atoms with Crippen molar-refractivity contribution in [3.8, 4) is 0 Å². The Hall–Kier alpha value is -1.31. The molecule has 0 aliphatic carbocycles. The number of nitrogens with zero attached hydrogens (tertiary/aromatic N) is 1. The lowest BCUT2D eigenvalue weighted by atomic mass is 10.2. The fraction of sp³-hybridized carbons (Fsp3) is 0.571. The molecule has 0 amide bonds. The van der Waals surface area contributed by atoms with Gasteiger partial charge in [0.05, 0.1) is 5.75 Å². The van der Waals surface area contributed by atoms with Crippen LogP contribution in [-0.4, -0.2) is 54.1 Å². The van der Waals surface area contributed by atoms with E-state index in [9.17, 15) is 8.42 Å². The smallest absolute Gasteiger partial charge is 0.232 e. The highest BCUT2D eigenvalue weighted by molar-refractivity contribution is 7.92. The van der Waals surface area contributed by atoms with Gasteiger partial charge in [-0.15, -0.1) is 0 Å². The largest absolute Gasteiger partial charge is 0.385 e. The molecule has 1 saturated heterocycles. The van der Waals surface area contributed by atoms with Gasteiger partial charge in [-0.25, -0.2) is 8.42 Å². The van der Waals surface area contributed by atoms with Gasteiger partial charge in [0.2, 0.25) is 10.0 Å². The third kappa shape index (κ3) is 5.18. The lowest BCUT2D eigenvalue weighted by molar-refractivity contribution is 0.199. The first kappa shape index (κ1) is 16.1. The Balaban J connectivity index is 1.92. The third-order valence-electron chi connectivity index (χ3n) is 3.38. The van der Waals surface area contributed by atoms with Gasteiger partial charge in [0.15, 0.2) is 0 Å². The Morgan fingerprint density at radius 3 is 2.52 bits per heavy atom. The van der Waals surface area contributed by atoms with Crippen molar-refractivity contribution in [2.45, 2.75) is 6.42 Å². The summed E-state index contributed by atoms with van der Waals surface area (Å²) in [7, 11) is -1.73. The van der Waals surface area contributed by atoms with E-state index in [4.69, 9.17) is 4.74 Å². The molecule has 1 aromatic carbocycles. The van der Waals surface area contributed by atoms with E-state index >= 15 is 0 Å². The molecule has 1 fully saturated rings. The van der Waals surface area contributed by atoms with Crippen LogP contribution in [0.15, 0.2) is 24.3 Å². The molecule has 118 valence electrons. The van der Waals surface area contributed by atoms with Crippen molar-refractivity contribution in [1.29, 1.82) is 0 Å². The molecule has 0 bridgehead atoms. The zero-order chi connectivity index (χ0) is 15.1. The predicted molar refractivity (Wildman–Crippen MR) is 85.4 cm³/mol. The van der Waals surface area contributed by atoms with Gasteiger partial charge in [-0.2, -0.15) is 0 Å². The number of hydrogen-bond donors (Lipinski definition) is 2. The Kier molecular flexibility index (Phi) is 5.84. The molecule has 6 nitrogen and oxygen atoms in total. The van der Waals surface area contributed by atoms with Gasteiger partial charge in [0.1, 0.15) is 0 Å². The Bertz CT molecular complexity index is 525. The van der Waals surface area contributed by atoms with Crippen molar-refractivity contribution in [2.75, 3.05) is 55.3 Å². The van der Waals surface area contributed by atoms with Crippen LogP contribution in [0.4, 0.5) is 11.4 Å². The zero-order valence-electron chi connectivity index (χ0n) is 12.3. The van der Waals surface area contributed by atoms with E-state index in [1.54, 1.807) is 7.11 Å². The summed E-state index contributed by atoms with van der Waals surface area (Å²) in [6.07, 6.45) is 0.491. The number of piperazine rings is 1. The molecule has 0 spiro atoms. The molecule has 2 N–H and O–H groups in total. The lowest BCUT2D eigenvalue weighted by Crippen LogP contribution is -2.43. The van der Waals surface area contributed by atoms with Crippen LogP contribution >= 0.6 is 0 Å². The van der Waals surface area contributed by atoms with E-state index in [-0.39, 0.29) is 5.75 Å². The Morgan fingerprint density at radius 2 is 1.90 bits per heavy atom. The first-order valence-electron chi connectivity index (χ1n) is 7.16. The van der Waals surface area contributed by atoms with Crippen LogP contribution in [0.5, 0.6) is 0 Å². The maximum Gasteiger partial charge on any atom is 0.232 e. The van der Waals surface area contributed by atoms with Crippen LogP contribution in [0.2, 0.25) is 0 Å². The predicted octanol–water partition coefficient (Wildman–Crippen LogP) is 0.874. The molecular weight excluding hydrogens is 290 g/mol. The molecular formula is C14H23N3O3S. The molecule has 0 atom stereocenters. The normalized spacial score (nSPS) is 16.0. The zero-order valence-corrected chi connectivity index (χ0v) is 13.2. The molecule has 0 saturated carbocycles. The summed E-state index contributed by atoms with van der Waals surface area (Å²) >= 11 is 0. The summed E-state index contributed by atoms with van der Waals surface area (Å²) in [5.41, 5.74) is 1.73. The van der Waals surface area contributed by atoms with Crippen LogP contribution in [0.25, 0.3) is 0 Å². The van der Waals surface area contributed by atoms with Gasteiger partial charge in [-0.3, -0.25) is 4.72 Å². The fourth-order valence-corrected chi connectivity index (χ4v) is 3.38. The van der Waals surface area contributed by atoms with Gasteiger partial charge < -0.3 is 15.0 Å². The van der Waals surface area contributed by atoms with Crippen molar-refractivity contribution in [3.63, 3.8) is 0 Å². The van der Waals surface area contributed by atoms with Crippen molar-refractivity contribution < 1.29 is 13.2 Å². The topological polar surface area (TPSA) is 70.7 Å². The standard InChI is InChI=1S/C14H23N3O3S/c1-20-11-2-12-21(18,19)16-13-3-5-14(6-4-13)17-9-7-15-8-10-17/h3-6,15-16H,2,7-12H2,1H3. The van der Waals surface area contributed by atoms with E-state index in [1.807, 2.05) is 24.3 Å². The summed E-state index contributed by atoms with van der Waals surface area (Å²) in [5.74, 6) is 0.0698. The van der Waals surface area contributed by atoms with Crippen LogP contribution < -0.4 is 14.9 Å². The average Bonchev–Trinajstić information content (AvgIpc) is 2.49. The second-order valence-corrected chi connectivity index (χ2v) is 6.89. The van der Waals surface area contributed by atoms with Gasteiger partial charge in [-0.1, -0.05) is 0 Å². The lowest BCUT2D eigenvalue weighted by Gasteiger charge is -2.29. The van der Waals surface area contributed by atoms with Crippen molar-refractivity contribution in [3.05, 3.63) is 24.3 Å². The SMILES string of the molecule is COCCCS(=O)(=O)Nc1ccc(N2CCNCC2)cc1. The van der Waals surface area contributed by atoms with Gasteiger partial charge in [-0.05, 0) is 30.7 Å². The van der Waals surface area contributed by atoms with E-state index < -0.39 is 10.0 Å². The van der Waals surface area contributed by atoms with E-state index in [0.29, 0.717) is 18.7 Å². The number of benzene rings is 1. The van der Waals surface area contributed by atoms with E-state index in [1.165, 1.54) is 0 Å². The molecule has 1 aliphatic rings. The Labute approximate surface area is 126 Å². The highest BCUT2D eigenvalue weighted by Gasteiger charge is 2.12. The quantitative estimate of drug-likeness (QED) is 0.731. The van der Waals surface area contributed by atoms with Crippen molar-refractivity contribution in [2.24, 2.45) is 0 Å². The van der Waals surface area contributed by atoms with Crippen molar-refractivity contribution >= 4 is 21.4 Å². The summed E-state index contributed by atoms with van der Waals surface area (Å²) in [6, 6.07) is 7.53. The monoisotopic (exact) mass is 313 g/mol. The van der Waals surface area contributed by atoms with E-state index in [2.05, 4.69) is 14.9 Å². The minimum Gasteiger partial charge on any atom is -0.385 e. The Morgan fingerprint density at radius 1 is 1.24 bits per heavy atom. The first-order valence-corrected chi connectivity index (χ1v) is 8.81. The molecule has 1 heterocycles. The molecule has 0 unspecified atom stereocenters. The van der Waals surface area contributed by atoms with Gasteiger partial charge in [0, 0.05) is 51.3 Å². The van der Waals surface area contributed by atoms with E-state index in [0.717, 1.165) is 31.9 Å². The summed E-state index contributed by atoms with van der Waals surface area (Å²) in [4.78, 5) is 2.29. The summed E-state index contributed by atoms with van der Waals surface area (Å²) < 4.78 is 31.2. The second kappa shape index (κ2) is 7.63. The number of sulfonamides is 1. The van der Waals surface area contributed by atoms with Crippen LogP contribution in [-0.2, 0) is 14.8 Å². The van der Waals surface area contributed by atoms with Crippen molar-refractivity contribution in [1.82, 2.24) is 5.32 Å².